The van der Waals surface area contributed by atoms with E-state index < -0.39 is 0 Å². The molecule has 0 N–H and O–H groups in total. The first-order chi connectivity index (χ1) is 14.1. The second-order valence-electron chi connectivity index (χ2n) is 7.92. The first-order valence-electron chi connectivity index (χ1n) is 10.1. The van der Waals surface area contributed by atoms with Gasteiger partial charge in [0.2, 0.25) is 0 Å². The van der Waals surface area contributed by atoms with Crippen LogP contribution >= 0.6 is 0 Å². The molecule has 0 aliphatic rings. The zero-order valence-corrected chi connectivity index (χ0v) is 17.0. The molecule has 5 aromatic rings. The van der Waals surface area contributed by atoms with Gasteiger partial charge in [-0.3, -0.25) is 4.98 Å². The largest absolute Gasteiger partial charge is 0.256 e. The minimum absolute atomic E-state index is 1.06. The van der Waals surface area contributed by atoms with Crippen LogP contribution in [0.2, 0.25) is 0 Å². The van der Waals surface area contributed by atoms with Crippen LogP contribution in [0.3, 0.4) is 0 Å². The molecule has 1 nitrogen and oxygen atoms in total. The van der Waals surface area contributed by atoms with Crippen LogP contribution in [0, 0.1) is 20.8 Å². The fraction of sp³-hybridized carbons (Fsp3) is 0.107. The molecule has 1 heterocycles. The predicted molar refractivity (Wildman–Crippen MR) is 124 cm³/mol. The molecule has 4 aromatic carbocycles. The minimum Gasteiger partial charge on any atom is -0.256 e. The Morgan fingerprint density at radius 1 is 0.621 bits per heavy atom. The Labute approximate surface area is 171 Å². The highest BCUT2D eigenvalue weighted by molar-refractivity contribution is 6.18. The zero-order chi connectivity index (χ0) is 20.0. The zero-order valence-electron chi connectivity index (χ0n) is 17.0. The second kappa shape index (κ2) is 6.86. The third-order valence-corrected chi connectivity index (χ3v) is 5.67. The maximum Gasteiger partial charge on any atom is 0.0786 e. The van der Waals surface area contributed by atoms with Gasteiger partial charge in [-0.2, -0.15) is 0 Å². The Morgan fingerprint density at radius 2 is 1.38 bits per heavy atom. The minimum atomic E-state index is 1.06. The highest BCUT2D eigenvalue weighted by Crippen LogP contribution is 2.40. The van der Waals surface area contributed by atoms with Gasteiger partial charge in [0, 0.05) is 17.1 Å². The Morgan fingerprint density at radius 3 is 2.14 bits per heavy atom. The van der Waals surface area contributed by atoms with Crippen molar-refractivity contribution in [2.24, 2.45) is 0 Å². The number of hydrogen-bond acceptors (Lipinski definition) is 1. The molecule has 0 aliphatic heterocycles. The van der Waals surface area contributed by atoms with Gasteiger partial charge in [-0.1, -0.05) is 65.7 Å². The lowest BCUT2D eigenvalue weighted by atomic mass is 9.89. The molecule has 0 radical (unpaired) electrons. The highest BCUT2D eigenvalue weighted by atomic mass is 14.7. The Hall–Kier alpha value is -3.45. The van der Waals surface area contributed by atoms with Gasteiger partial charge in [0.1, 0.15) is 0 Å². The van der Waals surface area contributed by atoms with E-state index in [4.69, 9.17) is 4.98 Å². The van der Waals surface area contributed by atoms with E-state index in [1.54, 1.807) is 0 Å². The van der Waals surface area contributed by atoms with Gasteiger partial charge < -0.3 is 0 Å². The van der Waals surface area contributed by atoms with Crippen molar-refractivity contribution in [2.45, 2.75) is 20.8 Å². The van der Waals surface area contributed by atoms with E-state index in [2.05, 4.69) is 99.6 Å². The molecular weight excluding hydrogens is 350 g/mol. The van der Waals surface area contributed by atoms with Crippen molar-refractivity contribution in [3.8, 4) is 22.4 Å². The first kappa shape index (κ1) is 17.6. The monoisotopic (exact) mass is 373 g/mol. The van der Waals surface area contributed by atoms with Gasteiger partial charge in [0.15, 0.2) is 0 Å². The lowest BCUT2D eigenvalue weighted by Crippen LogP contribution is -1.92. The lowest BCUT2D eigenvalue weighted by Gasteiger charge is -2.16. The fourth-order valence-corrected chi connectivity index (χ4v) is 4.52. The number of hydrogen-bond donors (Lipinski definition) is 0. The molecule has 1 heteroatoms. The number of nitrogens with zero attached hydrogens (tertiary/aromatic N) is 1. The number of aromatic nitrogens is 1. The summed E-state index contributed by atoms with van der Waals surface area (Å²) in [6.45, 7) is 6.50. The quantitative estimate of drug-likeness (QED) is 0.290. The van der Waals surface area contributed by atoms with Crippen LogP contribution in [0.25, 0.3) is 43.9 Å². The molecule has 5 rings (SSSR count). The summed E-state index contributed by atoms with van der Waals surface area (Å²) in [5.41, 5.74) is 8.59. The van der Waals surface area contributed by atoms with E-state index >= 15 is 0 Å². The fourth-order valence-electron chi connectivity index (χ4n) is 4.52. The smallest absolute Gasteiger partial charge is 0.0786 e. The number of aryl methyl sites for hydroxylation is 3. The molecule has 0 amide bonds. The van der Waals surface area contributed by atoms with E-state index in [9.17, 15) is 0 Å². The highest BCUT2D eigenvalue weighted by Gasteiger charge is 2.15. The summed E-state index contributed by atoms with van der Waals surface area (Å²) < 4.78 is 0. The SMILES string of the molecule is Cc1cc(C)cc(-c2nccc3cc(-c4ccccc4)c4c(C)cccc4c23)c1. The van der Waals surface area contributed by atoms with Crippen LogP contribution in [-0.4, -0.2) is 4.98 Å². The summed E-state index contributed by atoms with van der Waals surface area (Å²) in [6, 6.07) is 28.4. The van der Waals surface area contributed by atoms with E-state index in [0.29, 0.717) is 0 Å². The van der Waals surface area contributed by atoms with Gasteiger partial charge >= 0.3 is 0 Å². The standard InChI is InChI=1S/C28H23N/c1-18-14-19(2)16-23(15-18)28-27-22(12-13-29-28)17-25(21-9-5-4-6-10-21)26-20(3)8-7-11-24(26)27/h4-17H,1-3H3. The molecule has 0 saturated carbocycles. The van der Waals surface area contributed by atoms with Crippen molar-refractivity contribution < 1.29 is 0 Å². The average Bonchev–Trinajstić information content (AvgIpc) is 2.73. The molecule has 29 heavy (non-hydrogen) atoms. The first-order valence-corrected chi connectivity index (χ1v) is 10.1. The number of pyridine rings is 1. The molecule has 140 valence electrons. The molecule has 0 spiro atoms. The van der Waals surface area contributed by atoms with Gasteiger partial charge in [-0.25, -0.2) is 0 Å². The number of fused-ring (bicyclic) bond motifs is 3. The third-order valence-electron chi connectivity index (χ3n) is 5.67. The predicted octanol–water partition coefficient (Wildman–Crippen LogP) is 7.65. The van der Waals surface area contributed by atoms with Crippen LogP contribution in [0.1, 0.15) is 16.7 Å². The Bertz CT molecular complexity index is 1340. The van der Waals surface area contributed by atoms with Gasteiger partial charge in [0.25, 0.3) is 0 Å². The summed E-state index contributed by atoms with van der Waals surface area (Å²) >= 11 is 0. The second-order valence-corrected chi connectivity index (χ2v) is 7.92. The van der Waals surface area contributed by atoms with E-state index in [0.717, 1.165) is 5.69 Å². The van der Waals surface area contributed by atoms with Gasteiger partial charge in [0.05, 0.1) is 5.69 Å². The summed E-state index contributed by atoms with van der Waals surface area (Å²) in [4.78, 5) is 4.84. The van der Waals surface area contributed by atoms with Crippen LogP contribution in [0.5, 0.6) is 0 Å². The maximum atomic E-state index is 4.84. The number of rotatable bonds is 2. The summed E-state index contributed by atoms with van der Waals surface area (Å²) in [7, 11) is 0. The molecule has 0 bridgehead atoms. The molecule has 0 fully saturated rings. The summed E-state index contributed by atoms with van der Waals surface area (Å²) in [5, 5.41) is 5.04. The van der Waals surface area contributed by atoms with Gasteiger partial charge in [-0.15, -0.1) is 0 Å². The van der Waals surface area contributed by atoms with Crippen molar-refractivity contribution in [3.63, 3.8) is 0 Å². The van der Waals surface area contributed by atoms with Crippen molar-refractivity contribution in [1.29, 1.82) is 0 Å². The van der Waals surface area contributed by atoms with E-state index in [-0.39, 0.29) is 0 Å². The third kappa shape index (κ3) is 3.00. The van der Waals surface area contributed by atoms with Crippen LogP contribution in [0.15, 0.2) is 85.1 Å². The molecule has 0 saturated heterocycles. The summed E-state index contributed by atoms with van der Waals surface area (Å²) in [6.07, 6.45) is 1.94. The topological polar surface area (TPSA) is 12.9 Å². The van der Waals surface area contributed by atoms with Crippen LogP contribution in [-0.2, 0) is 0 Å². The molecule has 0 aliphatic carbocycles. The van der Waals surface area contributed by atoms with Crippen molar-refractivity contribution in [1.82, 2.24) is 4.98 Å². The lowest BCUT2D eigenvalue weighted by molar-refractivity contribution is 1.33. The van der Waals surface area contributed by atoms with Gasteiger partial charge in [-0.05, 0) is 77.9 Å². The van der Waals surface area contributed by atoms with Crippen LogP contribution < -0.4 is 0 Å². The molecule has 0 unspecified atom stereocenters. The van der Waals surface area contributed by atoms with Crippen molar-refractivity contribution in [3.05, 3.63) is 102 Å². The average molecular weight is 373 g/mol. The summed E-state index contributed by atoms with van der Waals surface area (Å²) in [5.74, 6) is 0. The molecule has 1 aromatic heterocycles. The maximum absolute atomic E-state index is 4.84. The van der Waals surface area contributed by atoms with E-state index in [1.807, 2.05) is 6.20 Å². The number of benzene rings is 4. The Kier molecular flexibility index (Phi) is 4.17. The Balaban J connectivity index is 1.94. The molecule has 0 atom stereocenters. The normalized spacial score (nSPS) is 11.3. The van der Waals surface area contributed by atoms with Crippen molar-refractivity contribution in [2.75, 3.05) is 0 Å². The van der Waals surface area contributed by atoms with Crippen LogP contribution in [0.4, 0.5) is 0 Å². The van der Waals surface area contributed by atoms with E-state index in [1.165, 1.54) is 54.9 Å². The molecular formula is C28H23N. The van der Waals surface area contributed by atoms with Crippen molar-refractivity contribution >= 4 is 21.5 Å².